The van der Waals surface area contributed by atoms with Crippen molar-refractivity contribution in [3.05, 3.63) is 0 Å². The molecule has 1 nitrogen and oxygen atoms in total. The second-order valence-corrected chi connectivity index (χ2v) is 0. The fraction of sp³-hybridized carbons (Fsp3) is 0. The van der Waals surface area contributed by atoms with Crippen LogP contribution in [0.1, 0.15) is 0 Å². The molecule has 0 unspecified atom stereocenters. The van der Waals surface area contributed by atoms with Gasteiger partial charge in [-0.2, -0.15) is 0 Å². The van der Waals surface area contributed by atoms with Crippen molar-refractivity contribution in [1.29, 1.82) is 0 Å². The maximum atomic E-state index is 0. The Hall–Kier alpha value is 2.74. The molecule has 0 aromatic rings. The maximum Gasteiger partial charge on any atom is 4.00 e. The van der Waals surface area contributed by atoms with Crippen molar-refractivity contribution in [2.45, 2.75) is 0 Å². The van der Waals surface area contributed by atoms with Gasteiger partial charge in [0.25, 0.3) is 0 Å². The summed E-state index contributed by atoms with van der Waals surface area (Å²) in [6, 6.07) is 0. The molecule has 0 aliphatic rings. The fourth-order valence-corrected chi connectivity index (χ4v) is 0. The van der Waals surface area contributed by atoms with Gasteiger partial charge in [0, 0.05) is 21.1 Å². The minimum absolute atomic E-state index is 0. The Labute approximate surface area is 88.1 Å². The predicted octanol–water partition coefficient (Wildman–Crippen LogP) is -0.124. The van der Waals surface area contributed by atoms with Gasteiger partial charge < -0.3 is 5.48 Å². The van der Waals surface area contributed by atoms with Gasteiger partial charge in [0.05, 0.1) is 0 Å². The van der Waals surface area contributed by atoms with Crippen molar-refractivity contribution >= 4 is 0 Å². The van der Waals surface area contributed by atoms with Crippen LogP contribution in [0.2, 0.25) is 0 Å². The van der Waals surface area contributed by atoms with Crippen LogP contribution >= 0.6 is 0 Å². The summed E-state index contributed by atoms with van der Waals surface area (Å²) in [4.78, 5) is 0. The van der Waals surface area contributed by atoms with Gasteiger partial charge in [0.15, 0.2) is 0 Å². The van der Waals surface area contributed by atoms with Crippen LogP contribution in [-0.2, 0) is 48.3 Å². The Morgan fingerprint density at radius 3 is 1.00 bits per heavy atom. The van der Waals surface area contributed by atoms with E-state index >= 15 is 0 Å². The standard InChI is InChI=1S/Ce.O.Ti.W/q+3;-2;+4;. The van der Waals surface area contributed by atoms with Crippen LogP contribution in [0.4, 0.5) is 0 Å². The molecule has 0 saturated carbocycles. The topological polar surface area (TPSA) is 28.5 Å². The molecule has 0 atom stereocenters. The normalized spacial score (nSPS) is 0. The van der Waals surface area contributed by atoms with Crippen molar-refractivity contribution in [1.82, 2.24) is 0 Å². The molecule has 0 fully saturated rings. The van der Waals surface area contributed by atoms with Crippen molar-refractivity contribution in [3.63, 3.8) is 0 Å². The van der Waals surface area contributed by atoms with Crippen LogP contribution in [0.5, 0.6) is 0 Å². The van der Waals surface area contributed by atoms with Crippen molar-refractivity contribution in [2.75, 3.05) is 0 Å². The summed E-state index contributed by atoms with van der Waals surface area (Å²) in [6.07, 6.45) is 0. The molecular formula is CeOTiW+5. The van der Waals surface area contributed by atoms with Crippen LogP contribution < -0.4 is 0 Å². The van der Waals surface area contributed by atoms with Crippen LogP contribution in [0, 0.1) is 41.7 Å². The molecule has 0 N–H and O–H groups in total. The summed E-state index contributed by atoms with van der Waals surface area (Å²) < 4.78 is 0. The van der Waals surface area contributed by atoms with Gasteiger partial charge in [0.1, 0.15) is 0 Å². The molecule has 1 radical (unpaired) electrons. The SMILES string of the molecule is [Ce+3].[O-2].[Ti+4].[W]. The van der Waals surface area contributed by atoms with E-state index in [9.17, 15) is 0 Å². The van der Waals surface area contributed by atoms with Gasteiger partial charge in [-0.15, -0.1) is 0 Å². The first kappa shape index (κ1) is 29.6. The van der Waals surface area contributed by atoms with Gasteiger partial charge in [-0.3, -0.25) is 0 Å². The van der Waals surface area contributed by atoms with E-state index in [0.29, 0.717) is 0 Å². The van der Waals surface area contributed by atoms with E-state index in [1.165, 1.54) is 0 Å². The fourth-order valence-electron chi connectivity index (χ4n) is 0. The largest absolute Gasteiger partial charge is 4.00 e. The molecular weight excluding hydrogens is 388 g/mol. The average molecular weight is 388 g/mol. The molecule has 0 aromatic heterocycles. The third kappa shape index (κ3) is 8.83. The molecule has 0 aliphatic heterocycles. The summed E-state index contributed by atoms with van der Waals surface area (Å²) in [5.74, 6) is 0. The summed E-state index contributed by atoms with van der Waals surface area (Å²) in [6.45, 7) is 0. The van der Waals surface area contributed by atoms with E-state index in [0.717, 1.165) is 0 Å². The zero-order valence-electron chi connectivity index (χ0n) is 1.82. The number of hydrogen-bond acceptors (Lipinski definition) is 0. The molecule has 4 heteroatoms. The minimum atomic E-state index is 0. The van der Waals surface area contributed by atoms with Crippen molar-refractivity contribution in [2.24, 2.45) is 0 Å². The number of rotatable bonds is 0. The quantitative estimate of drug-likeness (QED) is 0.518. The Kier molecular flexibility index (Phi) is 127. The first-order chi connectivity index (χ1) is 0. The van der Waals surface area contributed by atoms with Gasteiger partial charge >= 0.3 is 63.5 Å². The van der Waals surface area contributed by atoms with E-state index in [1.807, 2.05) is 0 Å². The van der Waals surface area contributed by atoms with Crippen molar-refractivity contribution in [3.8, 4) is 0 Å². The second kappa shape index (κ2) is 17.2. The van der Waals surface area contributed by atoms with E-state index in [4.69, 9.17) is 0 Å². The van der Waals surface area contributed by atoms with Gasteiger partial charge in [0.2, 0.25) is 0 Å². The van der Waals surface area contributed by atoms with Gasteiger partial charge in [-0.25, -0.2) is 0 Å². The second-order valence-electron chi connectivity index (χ2n) is 0. The Morgan fingerprint density at radius 2 is 1.00 bits per heavy atom. The van der Waals surface area contributed by atoms with Crippen LogP contribution in [0.15, 0.2) is 0 Å². The average Bonchev–Trinajstić information content (AvgIpc) is 0. The van der Waals surface area contributed by atoms with E-state index in [1.54, 1.807) is 0 Å². The smallest absolute Gasteiger partial charge is 2.00 e. The molecule has 0 aliphatic carbocycles. The predicted molar refractivity (Wildman–Crippen MR) is 0.686 cm³/mol. The molecule has 15 valence electrons. The third-order valence-corrected chi connectivity index (χ3v) is 0. The molecule has 0 amide bonds. The summed E-state index contributed by atoms with van der Waals surface area (Å²) >= 11 is 0. The van der Waals surface area contributed by atoms with Crippen LogP contribution in [0.3, 0.4) is 0 Å². The molecule has 0 rings (SSSR count). The number of hydrogen-bond donors (Lipinski definition) is 0. The first-order valence-electron chi connectivity index (χ1n) is 0. The van der Waals surface area contributed by atoms with E-state index in [-0.39, 0.29) is 90.0 Å². The molecule has 0 heterocycles. The van der Waals surface area contributed by atoms with Gasteiger partial charge in [-0.05, 0) is 0 Å². The summed E-state index contributed by atoms with van der Waals surface area (Å²) in [5, 5.41) is 0. The molecule has 0 aromatic carbocycles. The van der Waals surface area contributed by atoms with Crippen molar-refractivity contribution < 1.29 is 90.0 Å². The molecule has 0 bridgehead atoms. The van der Waals surface area contributed by atoms with E-state index in [2.05, 4.69) is 0 Å². The summed E-state index contributed by atoms with van der Waals surface area (Å²) in [5.41, 5.74) is 0. The Bertz CT molecular complexity index is 8.00. The zero-order chi connectivity index (χ0) is 0. The third-order valence-electron chi connectivity index (χ3n) is 0. The van der Waals surface area contributed by atoms with Crippen LogP contribution in [-0.4, -0.2) is 0 Å². The first-order valence-corrected chi connectivity index (χ1v) is 0. The zero-order valence-corrected chi connectivity index (χ0v) is 9.45. The monoisotopic (exact) mass is 388 g/mol. The maximum absolute atomic E-state index is 0. The summed E-state index contributed by atoms with van der Waals surface area (Å²) in [7, 11) is 0. The Balaban J connectivity index is 0. The minimum Gasteiger partial charge on any atom is -2.00 e. The molecule has 4 heavy (non-hydrogen) atoms. The van der Waals surface area contributed by atoms with Gasteiger partial charge in [-0.1, -0.05) is 0 Å². The molecule has 0 spiro atoms. The molecule has 0 saturated heterocycles. The van der Waals surface area contributed by atoms with Crippen LogP contribution in [0.25, 0.3) is 0 Å². The van der Waals surface area contributed by atoms with E-state index < -0.39 is 0 Å². The Morgan fingerprint density at radius 1 is 1.00 bits per heavy atom.